The predicted molar refractivity (Wildman–Crippen MR) is 101 cm³/mol. The fourth-order valence-corrected chi connectivity index (χ4v) is 4.43. The molecule has 5 rings (SSSR count). The maximum absolute atomic E-state index is 3.72. The fraction of sp³-hybridized carbons (Fsp3) is 0.250. The Labute approximate surface area is 192 Å². The van der Waals surface area contributed by atoms with Crippen molar-refractivity contribution < 1.29 is 51.0 Å². The third-order valence-corrected chi connectivity index (χ3v) is 5.61. The Balaban J connectivity index is 0.000000871. The molecule has 0 aliphatic heterocycles. The summed E-state index contributed by atoms with van der Waals surface area (Å²) in [6.07, 6.45) is 18.1. The monoisotopic (exact) mass is 469 g/mol. The molecule has 0 saturated heterocycles. The van der Waals surface area contributed by atoms with Crippen LogP contribution < -0.4 is 35.3 Å². The maximum atomic E-state index is 3.72. The van der Waals surface area contributed by atoms with Gasteiger partial charge < -0.3 is 24.8 Å². The second-order valence-electron chi connectivity index (χ2n) is 7.07. The van der Waals surface area contributed by atoms with Crippen LogP contribution in [0.25, 0.3) is 17.2 Å². The first-order chi connectivity index (χ1) is 11.9. The fourth-order valence-electron chi connectivity index (χ4n) is 4.43. The minimum Gasteiger partial charge on any atom is -1.00 e. The molecule has 1 fully saturated rings. The van der Waals surface area contributed by atoms with E-state index in [0.29, 0.717) is 0 Å². The van der Waals surface area contributed by atoms with Crippen LogP contribution in [0, 0.1) is 10.4 Å². The molecule has 0 spiro atoms. The third kappa shape index (κ3) is 3.98. The molecular formula is C24H21Cl2Zr. The van der Waals surface area contributed by atoms with Gasteiger partial charge in [0.1, 0.15) is 0 Å². The molecule has 3 heteroatoms. The second-order valence-corrected chi connectivity index (χ2v) is 7.07. The average Bonchev–Trinajstić information content (AvgIpc) is 3.29. The molecule has 0 nitrogen and oxygen atoms in total. The molecule has 0 amide bonds. The Kier molecular flexibility index (Phi) is 7.93. The van der Waals surface area contributed by atoms with Gasteiger partial charge in [-0.3, -0.25) is 0 Å². The molecule has 0 N–H and O–H groups in total. The first-order valence-corrected chi connectivity index (χ1v) is 9.16. The van der Waals surface area contributed by atoms with E-state index in [4.69, 9.17) is 0 Å². The molecule has 2 aromatic carbocycles. The number of benzene rings is 2. The Bertz CT molecular complexity index is 1100. The van der Waals surface area contributed by atoms with Gasteiger partial charge in [0.05, 0.1) is 0 Å². The molecule has 0 unspecified atom stereocenters. The van der Waals surface area contributed by atoms with Crippen molar-refractivity contribution in [1.29, 1.82) is 0 Å². The Morgan fingerprint density at radius 2 is 1.52 bits per heavy atom. The van der Waals surface area contributed by atoms with Crippen molar-refractivity contribution in [3.63, 3.8) is 0 Å². The van der Waals surface area contributed by atoms with Crippen molar-refractivity contribution in [3.8, 4) is 0 Å². The molecule has 27 heavy (non-hydrogen) atoms. The largest absolute Gasteiger partial charge is 3.00 e. The summed E-state index contributed by atoms with van der Waals surface area (Å²) in [5, 5.41) is 5.42. The van der Waals surface area contributed by atoms with E-state index >= 15 is 0 Å². The molecule has 1 radical (unpaired) electrons. The SMILES string of the molecule is [C-]1=c2ccccc2=c2ccc(=C3CCCCC3)c(C3=CC=CC3)c21.[Cl-].[Cl-].[Zr+3]. The van der Waals surface area contributed by atoms with E-state index in [1.54, 1.807) is 5.57 Å². The van der Waals surface area contributed by atoms with E-state index in [2.05, 4.69) is 60.7 Å². The third-order valence-electron chi connectivity index (χ3n) is 5.61. The summed E-state index contributed by atoms with van der Waals surface area (Å²) in [6, 6.07) is 13.4. The molecule has 1 saturated carbocycles. The summed E-state index contributed by atoms with van der Waals surface area (Å²) in [6.45, 7) is 0. The van der Waals surface area contributed by atoms with Crippen molar-refractivity contribution in [3.05, 3.63) is 86.6 Å². The molecule has 135 valence electrons. The van der Waals surface area contributed by atoms with Crippen LogP contribution >= 0.6 is 0 Å². The molecule has 0 aromatic heterocycles. The summed E-state index contributed by atoms with van der Waals surface area (Å²) >= 11 is 0. The quantitative estimate of drug-likeness (QED) is 0.378. The second kappa shape index (κ2) is 9.55. The van der Waals surface area contributed by atoms with Gasteiger partial charge in [-0.05, 0) is 32.1 Å². The van der Waals surface area contributed by atoms with Crippen LogP contribution in [-0.2, 0) is 26.2 Å². The molecule has 0 bridgehead atoms. The van der Waals surface area contributed by atoms with E-state index in [-0.39, 0.29) is 51.0 Å². The zero-order valence-corrected chi connectivity index (χ0v) is 19.2. The van der Waals surface area contributed by atoms with Gasteiger partial charge in [-0.15, -0.1) is 33.4 Å². The van der Waals surface area contributed by atoms with Crippen LogP contribution in [0.1, 0.15) is 49.7 Å². The summed E-state index contributed by atoms with van der Waals surface area (Å²) in [5.41, 5.74) is 5.89. The standard InChI is InChI=1S/C24H21.2ClH.Zr/c1-2-8-17(9-3-1)21-14-15-22-20-13-7-6-12-19(20)16-23(22)24(21)18-10-4-5-11-18;;;/h4-7,10,12-15H,1-3,8-9,11H2;2*1H;/q-1;;;+3/p-2. The average molecular weight is 472 g/mol. The number of fused-ring (bicyclic) bond motifs is 2. The topological polar surface area (TPSA) is 0 Å². The molecule has 3 aliphatic rings. The summed E-state index contributed by atoms with van der Waals surface area (Å²) < 4.78 is 0. The summed E-state index contributed by atoms with van der Waals surface area (Å²) in [7, 11) is 0. The van der Waals surface area contributed by atoms with E-state index in [1.807, 2.05) is 0 Å². The van der Waals surface area contributed by atoms with E-state index in [1.165, 1.54) is 69.7 Å². The van der Waals surface area contributed by atoms with Crippen molar-refractivity contribution in [2.24, 2.45) is 0 Å². The van der Waals surface area contributed by atoms with Crippen molar-refractivity contribution >= 4 is 17.2 Å². The van der Waals surface area contributed by atoms with Gasteiger partial charge in [0, 0.05) is 0 Å². The van der Waals surface area contributed by atoms with Crippen molar-refractivity contribution in [2.45, 2.75) is 38.5 Å². The van der Waals surface area contributed by atoms with Gasteiger partial charge in [0.15, 0.2) is 0 Å². The van der Waals surface area contributed by atoms with Gasteiger partial charge in [-0.1, -0.05) is 76.9 Å². The number of halogens is 2. The van der Waals surface area contributed by atoms with Crippen LogP contribution in [0.3, 0.4) is 0 Å². The minimum absolute atomic E-state index is 0. The summed E-state index contributed by atoms with van der Waals surface area (Å²) in [4.78, 5) is 0. The molecule has 2 aromatic rings. The van der Waals surface area contributed by atoms with E-state index in [0.717, 1.165) is 6.42 Å². The zero-order chi connectivity index (χ0) is 15.9. The normalized spacial score (nSPS) is 16.1. The first-order valence-electron chi connectivity index (χ1n) is 9.16. The van der Waals surface area contributed by atoms with Crippen LogP contribution in [0.2, 0.25) is 0 Å². The van der Waals surface area contributed by atoms with Crippen LogP contribution in [0.5, 0.6) is 0 Å². The van der Waals surface area contributed by atoms with Crippen LogP contribution in [0.15, 0.2) is 54.6 Å². The number of hydrogen-bond acceptors (Lipinski definition) is 0. The van der Waals surface area contributed by atoms with Gasteiger partial charge in [-0.2, -0.15) is 0 Å². The molecule has 3 aliphatic carbocycles. The van der Waals surface area contributed by atoms with Crippen LogP contribution in [0.4, 0.5) is 0 Å². The van der Waals surface area contributed by atoms with E-state index in [9.17, 15) is 0 Å². The predicted octanol–water partition coefficient (Wildman–Crippen LogP) is -1.54. The van der Waals surface area contributed by atoms with Gasteiger partial charge in [0.2, 0.25) is 0 Å². The van der Waals surface area contributed by atoms with Crippen molar-refractivity contribution in [1.82, 2.24) is 0 Å². The Morgan fingerprint density at radius 1 is 0.778 bits per heavy atom. The van der Waals surface area contributed by atoms with Gasteiger partial charge in [-0.25, -0.2) is 0 Å². The van der Waals surface area contributed by atoms with Crippen LogP contribution in [-0.4, -0.2) is 0 Å². The van der Waals surface area contributed by atoms with Gasteiger partial charge in [0.25, 0.3) is 0 Å². The Hall–Kier alpha value is -0.877. The smallest absolute Gasteiger partial charge is 1.00 e. The van der Waals surface area contributed by atoms with E-state index < -0.39 is 0 Å². The number of hydrogen-bond donors (Lipinski definition) is 0. The maximum Gasteiger partial charge on any atom is 3.00 e. The molecule has 0 heterocycles. The summed E-state index contributed by atoms with van der Waals surface area (Å²) in [5.74, 6) is 0. The first kappa shape index (κ1) is 22.4. The van der Waals surface area contributed by atoms with Crippen molar-refractivity contribution in [2.75, 3.05) is 0 Å². The number of allylic oxidation sites excluding steroid dienone is 4. The Morgan fingerprint density at radius 3 is 2.26 bits per heavy atom. The molecular weight excluding hydrogens is 450 g/mol. The number of rotatable bonds is 1. The molecule has 0 atom stereocenters. The zero-order valence-electron chi connectivity index (χ0n) is 15.2. The van der Waals surface area contributed by atoms with Gasteiger partial charge >= 0.3 is 26.2 Å². The minimum atomic E-state index is 0.